The van der Waals surface area contributed by atoms with E-state index in [-0.39, 0.29) is 0 Å². The highest BCUT2D eigenvalue weighted by atomic mass is 32.2. The van der Waals surface area contributed by atoms with E-state index in [1.54, 1.807) is 19.3 Å². The first-order chi connectivity index (χ1) is 13.4. The molecule has 0 aromatic rings. The van der Waals surface area contributed by atoms with E-state index in [1.165, 1.54) is 112 Å². The van der Waals surface area contributed by atoms with E-state index >= 15 is 0 Å². The first-order valence-corrected chi connectivity index (χ1v) is 14.5. The van der Waals surface area contributed by atoms with Gasteiger partial charge in [0.25, 0.3) is 0 Å². The minimum Gasteiger partial charge on any atom is -0.378 e. The highest BCUT2D eigenvalue weighted by molar-refractivity contribution is 7.99. The molecule has 0 amide bonds. The van der Waals surface area contributed by atoms with Gasteiger partial charge in [-0.1, -0.05) is 51.4 Å². The van der Waals surface area contributed by atoms with Crippen molar-refractivity contribution in [3.05, 3.63) is 0 Å². The van der Waals surface area contributed by atoms with Crippen molar-refractivity contribution in [2.75, 3.05) is 29.6 Å². The van der Waals surface area contributed by atoms with Crippen molar-refractivity contribution in [1.82, 2.24) is 0 Å². The van der Waals surface area contributed by atoms with Crippen LogP contribution < -0.4 is 0 Å². The fourth-order valence-electron chi connectivity index (χ4n) is 4.66. The summed E-state index contributed by atoms with van der Waals surface area (Å²) in [4.78, 5) is 0. The molecule has 0 bridgehead atoms. The highest BCUT2D eigenvalue weighted by Crippen LogP contribution is 2.51. The van der Waals surface area contributed by atoms with Gasteiger partial charge in [-0.05, 0) is 85.7 Å². The van der Waals surface area contributed by atoms with Gasteiger partial charge in [-0.2, -0.15) is 23.5 Å². The molecule has 27 heavy (non-hydrogen) atoms. The number of hydrogen-bond acceptors (Lipinski definition) is 3. The van der Waals surface area contributed by atoms with Gasteiger partial charge in [-0.15, -0.1) is 0 Å². The van der Waals surface area contributed by atoms with E-state index in [1.807, 2.05) is 0 Å². The molecule has 0 aromatic carbocycles. The fourth-order valence-corrected chi connectivity index (χ4v) is 6.70. The molecule has 3 heterocycles. The molecule has 7 aliphatic rings. The zero-order chi connectivity index (χ0) is 18.6. The molecule has 0 aromatic heterocycles. The predicted molar refractivity (Wildman–Crippen MR) is 124 cm³/mol. The van der Waals surface area contributed by atoms with Crippen molar-refractivity contribution in [1.29, 1.82) is 0 Å². The van der Waals surface area contributed by atoms with Crippen LogP contribution in [0.4, 0.5) is 0 Å². The Labute approximate surface area is 177 Å². The third-order valence-corrected chi connectivity index (χ3v) is 9.11. The topological polar surface area (TPSA) is 9.23 Å². The molecular weight excluding hydrogens is 368 g/mol. The first-order valence-electron chi connectivity index (χ1n) is 12.2. The Bertz CT molecular complexity index is 281. The van der Waals surface area contributed by atoms with Crippen LogP contribution in [0.3, 0.4) is 0 Å². The zero-order valence-electron chi connectivity index (χ0n) is 17.7. The summed E-state index contributed by atoms with van der Waals surface area (Å²) >= 11 is 4.15. The lowest BCUT2D eigenvalue weighted by atomic mass is 10.3. The Balaban J connectivity index is 0.0000000978. The van der Waals surface area contributed by atoms with Gasteiger partial charge in [0.2, 0.25) is 0 Å². The SMILES string of the molecule is C1CC2CC2C1.C1CC2CC2O1.C1CCCC1.C1CCSC1.C1CCSC1. The third-order valence-electron chi connectivity index (χ3n) is 6.80. The molecule has 0 radical (unpaired) electrons. The molecule has 0 spiro atoms. The summed E-state index contributed by atoms with van der Waals surface area (Å²) in [5.41, 5.74) is 0. The van der Waals surface area contributed by atoms with Gasteiger partial charge in [-0.3, -0.25) is 0 Å². The molecule has 4 atom stereocenters. The Hall–Kier alpha value is 0.660. The van der Waals surface area contributed by atoms with Crippen LogP contribution in [-0.2, 0) is 4.74 Å². The Kier molecular flexibility index (Phi) is 11.4. The molecule has 4 saturated carbocycles. The van der Waals surface area contributed by atoms with Crippen LogP contribution in [0.1, 0.15) is 96.3 Å². The van der Waals surface area contributed by atoms with Gasteiger partial charge >= 0.3 is 0 Å². The van der Waals surface area contributed by atoms with Crippen molar-refractivity contribution < 1.29 is 4.74 Å². The number of ether oxygens (including phenoxy) is 1. The van der Waals surface area contributed by atoms with E-state index in [0.717, 1.165) is 12.5 Å². The molecule has 4 unspecified atom stereocenters. The zero-order valence-corrected chi connectivity index (χ0v) is 19.3. The van der Waals surface area contributed by atoms with Gasteiger partial charge in [0.1, 0.15) is 0 Å². The third kappa shape index (κ3) is 10.3. The molecule has 0 N–H and O–H groups in total. The normalized spacial score (nSPS) is 36.4. The lowest BCUT2D eigenvalue weighted by molar-refractivity contribution is 0.156. The van der Waals surface area contributed by atoms with Gasteiger partial charge in [0, 0.05) is 6.61 Å². The molecule has 158 valence electrons. The second-order valence-corrected chi connectivity index (χ2v) is 11.7. The van der Waals surface area contributed by atoms with Crippen molar-refractivity contribution in [3.8, 4) is 0 Å². The summed E-state index contributed by atoms with van der Waals surface area (Å²) in [6.07, 6.45) is 23.0. The predicted octanol–water partition coefficient (Wildman–Crippen LogP) is 7.58. The van der Waals surface area contributed by atoms with Crippen molar-refractivity contribution in [2.24, 2.45) is 17.8 Å². The molecule has 3 heteroatoms. The maximum atomic E-state index is 5.23. The van der Waals surface area contributed by atoms with E-state index in [2.05, 4.69) is 23.5 Å². The number of hydrogen-bond donors (Lipinski definition) is 0. The van der Waals surface area contributed by atoms with Crippen molar-refractivity contribution in [2.45, 2.75) is 102 Å². The summed E-state index contributed by atoms with van der Waals surface area (Å²) < 4.78 is 5.23. The standard InChI is InChI=1S/C6H10.C5H8O.C5H10.2C4H8S/c1-2-5-4-6(5)3-1;1-2-6-5-3-4(1)5;3*1-2-4-5-3-1/h5-6H,1-4H2;4-5H,1-3H2;1-5H2;2*1-4H2. The van der Waals surface area contributed by atoms with Gasteiger partial charge in [-0.25, -0.2) is 0 Å². The monoisotopic (exact) mass is 412 g/mol. The summed E-state index contributed by atoms with van der Waals surface area (Å²) in [6, 6.07) is 0. The molecule has 7 fully saturated rings. The van der Waals surface area contributed by atoms with Crippen LogP contribution in [0.5, 0.6) is 0 Å². The minimum absolute atomic E-state index is 0.713. The van der Waals surface area contributed by atoms with Crippen molar-refractivity contribution in [3.63, 3.8) is 0 Å². The van der Waals surface area contributed by atoms with E-state index in [0.29, 0.717) is 6.10 Å². The molecule has 4 aliphatic carbocycles. The Morgan fingerprint density at radius 1 is 0.481 bits per heavy atom. The summed E-state index contributed by atoms with van der Waals surface area (Å²) in [5.74, 6) is 9.08. The molecule has 3 aliphatic heterocycles. The van der Waals surface area contributed by atoms with Crippen molar-refractivity contribution >= 4 is 23.5 Å². The number of rotatable bonds is 0. The van der Waals surface area contributed by atoms with Crippen LogP contribution >= 0.6 is 23.5 Å². The first kappa shape index (κ1) is 22.3. The van der Waals surface area contributed by atoms with Gasteiger partial charge in [0.15, 0.2) is 0 Å². The molecule has 7 rings (SSSR count). The highest BCUT2D eigenvalue weighted by Gasteiger charge is 2.42. The maximum Gasteiger partial charge on any atom is 0.0608 e. The Morgan fingerprint density at radius 2 is 1.00 bits per heavy atom. The maximum absolute atomic E-state index is 5.23. The van der Waals surface area contributed by atoms with Crippen LogP contribution in [-0.4, -0.2) is 35.7 Å². The molecule has 3 saturated heterocycles. The summed E-state index contributed by atoms with van der Waals surface area (Å²) in [7, 11) is 0. The van der Waals surface area contributed by atoms with E-state index < -0.39 is 0 Å². The average molecular weight is 413 g/mol. The second kappa shape index (κ2) is 13.8. The Morgan fingerprint density at radius 3 is 1.15 bits per heavy atom. The van der Waals surface area contributed by atoms with E-state index in [4.69, 9.17) is 4.74 Å². The van der Waals surface area contributed by atoms with Crippen LogP contribution in [0.15, 0.2) is 0 Å². The summed E-state index contributed by atoms with van der Waals surface area (Å²) in [5, 5.41) is 0. The smallest absolute Gasteiger partial charge is 0.0608 e. The van der Waals surface area contributed by atoms with Gasteiger partial charge < -0.3 is 4.74 Å². The second-order valence-electron chi connectivity index (χ2n) is 9.29. The molecular formula is C24H44OS2. The lowest BCUT2D eigenvalue weighted by Gasteiger charge is -1.86. The largest absolute Gasteiger partial charge is 0.378 e. The molecule has 1 nitrogen and oxygen atoms in total. The minimum atomic E-state index is 0.713. The average Bonchev–Trinajstić information content (AvgIpc) is 3.40. The van der Waals surface area contributed by atoms with Crippen LogP contribution in [0.25, 0.3) is 0 Å². The van der Waals surface area contributed by atoms with Crippen LogP contribution in [0, 0.1) is 17.8 Å². The van der Waals surface area contributed by atoms with E-state index in [9.17, 15) is 0 Å². The van der Waals surface area contributed by atoms with Crippen LogP contribution in [0.2, 0.25) is 0 Å². The number of thioether (sulfide) groups is 2. The van der Waals surface area contributed by atoms with Gasteiger partial charge in [0.05, 0.1) is 6.10 Å². The summed E-state index contributed by atoms with van der Waals surface area (Å²) in [6.45, 7) is 1.04. The number of fused-ring (bicyclic) bond motifs is 2. The quantitative estimate of drug-likeness (QED) is 0.406. The lowest BCUT2D eigenvalue weighted by Crippen LogP contribution is -1.84. The fraction of sp³-hybridized carbons (Fsp3) is 1.00.